The van der Waals surface area contributed by atoms with Gasteiger partial charge in [-0.15, -0.1) is 11.6 Å². The molecule has 0 aliphatic carbocycles. The van der Waals surface area contributed by atoms with Crippen LogP contribution in [-0.4, -0.2) is 38.3 Å². The molecule has 0 spiro atoms. The molecule has 3 heteroatoms. The van der Waals surface area contributed by atoms with Crippen molar-refractivity contribution in [3.63, 3.8) is 0 Å². The molecule has 0 saturated heterocycles. The third-order valence-corrected chi connectivity index (χ3v) is 0.710. The molecule has 2 nitrogen and oxygen atoms in total. The molecule has 0 radical (unpaired) electrons. The molecule has 0 unspecified atom stereocenters. The zero-order valence-electron chi connectivity index (χ0n) is 5.65. The van der Waals surface area contributed by atoms with Gasteiger partial charge in [0, 0.05) is 0 Å². The maximum Gasteiger partial charge on any atom is 0.120 e. The summed E-state index contributed by atoms with van der Waals surface area (Å²) in [6.45, 7) is 0.616. The van der Waals surface area contributed by atoms with E-state index in [0.717, 1.165) is 0 Å². The molecule has 0 aromatic heterocycles. The Bertz CT molecular complexity index is 59.9. The lowest BCUT2D eigenvalue weighted by Gasteiger charge is -2.20. The number of hydrogen-bond donors (Lipinski definition) is 0. The molecule has 0 atom stereocenters. The number of quaternary nitrogens is 1. The van der Waals surface area contributed by atoms with Gasteiger partial charge in [0.2, 0.25) is 0 Å². The largest absolute Gasteiger partial charge is 0.202 e. The molecule has 0 heterocycles. The maximum atomic E-state index is 5.37. The second-order valence-electron chi connectivity index (χ2n) is 2.41. The number of nitrogens with zero attached hydrogens (tertiary/aromatic N) is 1. The Balaban J connectivity index is 3.11. The summed E-state index contributed by atoms with van der Waals surface area (Å²) in [4.78, 5) is 5.18. The average Bonchev–Trinajstić information content (AvgIpc) is 1.59. The number of hydroxylamine groups is 3. The lowest BCUT2D eigenvalue weighted by Crippen LogP contribution is -2.34. The van der Waals surface area contributed by atoms with Crippen molar-refractivity contribution in [2.75, 3.05) is 33.6 Å². The zero-order chi connectivity index (χ0) is 6.62. The molecule has 0 aliphatic rings. The van der Waals surface area contributed by atoms with Crippen LogP contribution >= 0.6 is 11.6 Å². The molecule has 8 heavy (non-hydrogen) atoms. The first-order valence-corrected chi connectivity index (χ1v) is 3.11. The van der Waals surface area contributed by atoms with E-state index in [1.807, 2.05) is 21.1 Å². The molecule has 0 N–H and O–H groups in total. The van der Waals surface area contributed by atoms with Gasteiger partial charge in [-0.05, 0) is 0 Å². The Morgan fingerprint density at radius 2 is 1.88 bits per heavy atom. The normalized spacial score (nSPS) is 12.0. The number of rotatable bonds is 3. The van der Waals surface area contributed by atoms with Crippen LogP contribution in [0.3, 0.4) is 0 Å². The third kappa shape index (κ3) is 6.21. The topological polar surface area (TPSA) is 9.23 Å². The van der Waals surface area contributed by atoms with Gasteiger partial charge in [-0.3, -0.25) is 0 Å². The number of alkyl halides is 1. The van der Waals surface area contributed by atoms with Crippen molar-refractivity contribution in [2.24, 2.45) is 0 Å². The van der Waals surface area contributed by atoms with Crippen molar-refractivity contribution in [2.45, 2.75) is 0 Å². The Hall–Kier alpha value is 0.210. The molecular weight excluding hydrogens is 126 g/mol. The Morgan fingerprint density at radius 3 is 2.00 bits per heavy atom. The first-order chi connectivity index (χ1) is 3.56. The quantitative estimate of drug-likeness (QED) is 0.320. The summed E-state index contributed by atoms with van der Waals surface area (Å²) < 4.78 is 0.521. The minimum absolute atomic E-state index is 0.521. The molecule has 50 valence electrons. The lowest BCUT2D eigenvalue weighted by atomic mass is 10.8. The molecule has 0 aromatic rings. The van der Waals surface area contributed by atoms with Crippen LogP contribution in [-0.2, 0) is 4.84 Å². The van der Waals surface area contributed by atoms with Gasteiger partial charge in [-0.25, -0.2) is 4.84 Å². The third-order valence-electron chi connectivity index (χ3n) is 0.556. The van der Waals surface area contributed by atoms with E-state index in [9.17, 15) is 0 Å². The second-order valence-corrected chi connectivity index (χ2v) is 2.79. The molecule has 0 amide bonds. The predicted octanol–water partition coefficient (Wildman–Crippen LogP) is 0.863. The van der Waals surface area contributed by atoms with Gasteiger partial charge in [-0.1, -0.05) is 0 Å². The van der Waals surface area contributed by atoms with Crippen molar-refractivity contribution in [1.82, 2.24) is 0 Å². The van der Waals surface area contributed by atoms with Gasteiger partial charge in [0.05, 0.1) is 27.0 Å². The highest BCUT2D eigenvalue weighted by Crippen LogP contribution is 1.91. The van der Waals surface area contributed by atoms with Crippen molar-refractivity contribution in [1.29, 1.82) is 0 Å². The summed E-state index contributed by atoms with van der Waals surface area (Å²) in [5.74, 6) is 0.565. The van der Waals surface area contributed by atoms with Gasteiger partial charge < -0.3 is 0 Å². The van der Waals surface area contributed by atoms with Gasteiger partial charge >= 0.3 is 0 Å². The standard InChI is InChI=1S/C5H13ClNO/c1-7(2,3)8-5-4-6/h4-5H2,1-3H3/q+1. The fraction of sp³-hybridized carbons (Fsp3) is 1.00. The summed E-state index contributed by atoms with van der Waals surface area (Å²) >= 11 is 5.37. The van der Waals surface area contributed by atoms with E-state index in [1.165, 1.54) is 0 Å². The van der Waals surface area contributed by atoms with Crippen LogP contribution in [0.25, 0.3) is 0 Å². The molecule has 0 bridgehead atoms. The van der Waals surface area contributed by atoms with Crippen LogP contribution in [0.4, 0.5) is 0 Å². The average molecular weight is 139 g/mol. The summed E-state index contributed by atoms with van der Waals surface area (Å²) in [5, 5.41) is 0. The van der Waals surface area contributed by atoms with E-state index in [1.54, 1.807) is 0 Å². The monoisotopic (exact) mass is 138 g/mol. The molecule has 0 saturated carbocycles. The van der Waals surface area contributed by atoms with E-state index in [4.69, 9.17) is 16.4 Å². The lowest BCUT2D eigenvalue weighted by molar-refractivity contribution is -1.06. The predicted molar refractivity (Wildman–Crippen MR) is 34.7 cm³/mol. The van der Waals surface area contributed by atoms with E-state index in [-0.39, 0.29) is 0 Å². The van der Waals surface area contributed by atoms with E-state index in [0.29, 0.717) is 17.1 Å². The van der Waals surface area contributed by atoms with Crippen molar-refractivity contribution < 1.29 is 9.48 Å². The van der Waals surface area contributed by atoms with Gasteiger partial charge in [0.15, 0.2) is 0 Å². The van der Waals surface area contributed by atoms with Crippen LogP contribution in [0.5, 0.6) is 0 Å². The van der Waals surface area contributed by atoms with Crippen LogP contribution in [0, 0.1) is 0 Å². The first kappa shape index (κ1) is 8.21. The summed E-state index contributed by atoms with van der Waals surface area (Å²) in [5.41, 5.74) is 0. The Morgan fingerprint density at radius 1 is 1.38 bits per heavy atom. The fourth-order valence-electron chi connectivity index (χ4n) is 0.308. The molecular formula is C5H13ClNO+. The summed E-state index contributed by atoms with van der Waals surface area (Å²) in [6, 6.07) is 0. The maximum absolute atomic E-state index is 5.37. The van der Waals surface area contributed by atoms with E-state index in [2.05, 4.69) is 0 Å². The van der Waals surface area contributed by atoms with Gasteiger partial charge in [0.1, 0.15) is 6.61 Å². The van der Waals surface area contributed by atoms with Gasteiger partial charge in [0.25, 0.3) is 0 Å². The molecule has 0 rings (SSSR count). The fourth-order valence-corrected chi connectivity index (χ4v) is 0.377. The zero-order valence-corrected chi connectivity index (χ0v) is 6.40. The van der Waals surface area contributed by atoms with E-state index >= 15 is 0 Å². The summed E-state index contributed by atoms with van der Waals surface area (Å²) in [6.07, 6.45) is 0. The highest BCUT2D eigenvalue weighted by atomic mass is 35.5. The van der Waals surface area contributed by atoms with Crippen molar-refractivity contribution in [3.8, 4) is 0 Å². The minimum Gasteiger partial charge on any atom is -0.202 e. The Kier molecular flexibility index (Phi) is 3.36. The Labute approximate surface area is 55.5 Å². The number of halogens is 1. The number of hydrogen-bond acceptors (Lipinski definition) is 1. The van der Waals surface area contributed by atoms with Crippen LogP contribution in [0.15, 0.2) is 0 Å². The molecule has 0 aromatic carbocycles. The van der Waals surface area contributed by atoms with Gasteiger partial charge in [-0.2, -0.15) is 4.65 Å². The van der Waals surface area contributed by atoms with Crippen LogP contribution < -0.4 is 0 Å². The highest BCUT2D eigenvalue weighted by Gasteiger charge is 2.05. The SMILES string of the molecule is C[N+](C)(C)OCCCl. The van der Waals surface area contributed by atoms with Crippen LogP contribution in [0.1, 0.15) is 0 Å². The van der Waals surface area contributed by atoms with Crippen LogP contribution in [0.2, 0.25) is 0 Å². The van der Waals surface area contributed by atoms with Crippen molar-refractivity contribution >= 4 is 11.6 Å². The smallest absolute Gasteiger partial charge is 0.120 e. The second kappa shape index (κ2) is 3.28. The first-order valence-electron chi connectivity index (χ1n) is 2.58. The van der Waals surface area contributed by atoms with E-state index < -0.39 is 0 Å². The highest BCUT2D eigenvalue weighted by molar-refractivity contribution is 6.17. The van der Waals surface area contributed by atoms with Crippen molar-refractivity contribution in [3.05, 3.63) is 0 Å². The minimum atomic E-state index is 0.521. The molecule has 0 fully saturated rings. The summed E-state index contributed by atoms with van der Waals surface area (Å²) in [7, 11) is 5.85. The molecule has 0 aliphatic heterocycles.